The summed E-state index contributed by atoms with van der Waals surface area (Å²) in [5.74, 6) is -0.853. The van der Waals surface area contributed by atoms with Gasteiger partial charge >= 0.3 is 6.18 Å². The van der Waals surface area contributed by atoms with Gasteiger partial charge in [0.15, 0.2) is 5.76 Å². The van der Waals surface area contributed by atoms with Crippen LogP contribution in [-0.2, 0) is 6.18 Å². The lowest BCUT2D eigenvalue weighted by atomic mass is 10.1. The van der Waals surface area contributed by atoms with Crippen molar-refractivity contribution in [1.29, 1.82) is 0 Å². The van der Waals surface area contributed by atoms with E-state index in [9.17, 15) is 22.4 Å². The topological polar surface area (TPSA) is 51.5 Å². The Kier molecular flexibility index (Phi) is 5.07. The van der Waals surface area contributed by atoms with E-state index in [1.807, 2.05) is 0 Å². The molecule has 0 fully saturated rings. The highest BCUT2D eigenvalue weighted by atomic mass is 19.4. The molecule has 0 aliphatic carbocycles. The molecule has 0 saturated heterocycles. The maximum atomic E-state index is 13.3. The molecule has 1 heterocycles. The van der Waals surface area contributed by atoms with Crippen molar-refractivity contribution in [2.24, 2.45) is 0 Å². The molecule has 0 aliphatic rings. The van der Waals surface area contributed by atoms with Gasteiger partial charge in [-0.2, -0.15) is 13.2 Å². The van der Waals surface area contributed by atoms with Crippen molar-refractivity contribution in [3.05, 3.63) is 65.2 Å². The van der Waals surface area contributed by atoms with Gasteiger partial charge in [-0.15, -0.1) is 0 Å². The third-order valence-corrected chi connectivity index (χ3v) is 3.92. The fourth-order valence-electron chi connectivity index (χ4n) is 2.59. The number of ether oxygens (including phenoxy) is 1. The molecule has 142 valence electrons. The van der Waals surface area contributed by atoms with E-state index in [0.717, 1.165) is 12.1 Å². The Morgan fingerprint density at radius 3 is 2.70 bits per heavy atom. The number of halogens is 4. The van der Waals surface area contributed by atoms with Crippen molar-refractivity contribution >= 4 is 16.9 Å². The molecule has 0 bridgehead atoms. The van der Waals surface area contributed by atoms with E-state index < -0.39 is 23.5 Å². The zero-order chi connectivity index (χ0) is 19.6. The lowest BCUT2D eigenvalue weighted by Crippen LogP contribution is -2.28. The van der Waals surface area contributed by atoms with Gasteiger partial charge in [0.1, 0.15) is 23.8 Å². The second-order valence-electron chi connectivity index (χ2n) is 5.83. The summed E-state index contributed by atoms with van der Waals surface area (Å²) in [6.45, 7) is 1.67. The van der Waals surface area contributed by atoms with Gasteiger partial charge in [-0.25, -0.2) is 4.39 Å². The number of amides is 1. The molecule has 3 rings (SSSR count). The molecule has 0 radical (unpaired) electrons. The minimum atomic E-state index is -4.45. The van der Waals surface area contributed by atoms with E-state index in [4.69, 9.17) is 9.15 Å². The molecule has 3 aromatic rings. The first kappa shape index (κ1) is 18.8. The SMILES string of the molecule is Cc1c(C(=O)NCCOc2cccc(C(F)(F)F)c2)oc2ccc(F)cc12. The quantitative estimate of drug-likeness (QED) is 0.515. The third-order valence-electron chi connectivity index (χ3n) is 3.92. The molecule has 27 heavy (non-hydrogen) atoms. The molecular formula is C19H15F4NO3. The second kappa shape index (κ2) is 7.30. The molecule has 1 aromatic heterocycles. The van der Waals surface area contributed by atoms with Crippen LogP contribution in [0.1, 0.15) is 21.7 Å². The zero-order valence-electron chi connectivity index (χ0n) is 14.2. The number of carbonyl (C=O) groups excluding carboxylic acids is 1. The summed E-state index contributed by atoms with van der Waals surface area (Å²) in [6, 6.07) is 8.42. The van der Waals surface area contributed by atoms with Gasteiger partial charge in [-0.1, -0.05) is 6.07 Å². The lowest BCUT2D eigenvalue weighted by molar-refractivity contribution is -0.137. The first-order valence-corrected chi connectivity index (χ1v) is 8.02. The summed E-state index contributed by atoms with van der Waals surface area (Å²) >= 11 is 0. The lowest BCUT2D eigenvalue weighted by Gasteiger charge is -2.10. The minimum Gasteiger partial charge on any atom is -0.492 e. The van der Waals surface area contributed by atoms with Crippen LogP contribution in [0.4, 0.5) is 17.6 Å². The monoisotopic (exact) mass is 381 g/mol. The highest BCUT2D eigenvalue weighted by molar-refractivity contribution is 5.98. The molecule has 4 nitrogen and oxygen atoms in total. The van der Waals surface area contributed by atoms with Crippen LogP contribution >= 0.6 is 0 Å². The first-order valence-electron chi connectivity index (χ1n) is 8.02. The van der Waals surface area contributed by atoms with Crippen molar-refractivity contribution in [1.82, 2.24) is 5.32 Å². The van der Waals surface area contributed by atoms with Crippen LogP contribution in [0, 0.1) is 12.7 Å². The van der Waals surface area contributed by atoms with E-state index in [1.165, 1.54) is 30.3 Å². The Morgan fingerprint density at radius 1 is 1.19 bits per heavy atom. The fourth-order valence-corrected chi connectivity index (χ4v) is 2.59. The Bertz CT molecular complexity index is 979. The highest BCUT2D eigenvalue weighted by Crippen LogP contribution is 2.31. The number of hydrogen-bond acceptors (Lipinski definition) is 3. The predicted octanol–water partition coefficient (Wildman–Crippen LogP) is 4.71. The van der Waals surface area contributed by atoms with E-state index in [-0.39, 0.29) is 24.7 Å². The first-order chi connectivity index (χ1) is 12.8. The number of alkyl halides is 3. The van der Waals surface area contributed by atoms with E-state index in [2.05, 4.69) is 5.32 Å². The number of hydrogen-bond donors (Lipinski definition) is 1. The third kappa shape index (κ3) is 4.21. The number of aryl methyl sites for hydroxylation is 1. The average molecular weight is 381 g/mol. The Labute approximate surface area is 151 Å². The van der Waals surface area contributed by atoms with Gasteiger partial charge in [-0.3, -0.25) is 4.79 Å². The van der Waals surface area contributed by atoms with Crippen molar-refractivity contribution in [2.45, 2.75) is 13.1 Å². The second-order valence-corrected chi connectivity index (χ2v) is 5.83. The molecule has 0 aliphatic heterocycles. The average Bonchev–Trinajstić information content (AvgIpc) is 2.94. The normalized spacial score (nSPS) is 11.6. The molecule has 1 amide bonds. The number of fused-ring (bicyclic) bond motifs is 1. The van der Waals surface area contributed by atoms with Crippen molar-refractivity contribution < 1.29 is 31.5 Å². The van der Waals surface area contributed by atoms with Gasteiger partial charge in [0, 0.05) is 10.9 Å². The summed E-state index contributed by atoms with van der Waals surface area (Å²) < 4.78 is 61.9. The highest BCUT2D eigenvalue weighted by Gasteiger charge is 2.30. The van der Waals surface area contributed by atoms with Crippen molar-refractivity contribution in [3.63, 3.8) is 0 Å². The molecule has 0 unspecified atom stereocenters. The van der Waals surface area contributed by atoms with Crippen LogP contribution in [0.15, 0.2) is 46.9 Å². The smallest absolute Gasteiger partial charge is 0.416 e. The minimum absolute atomic E-state index is 0.0268. The van der Waals surface area contributed by atoms with E-state index in [1.54, 1.807) is 6.92 Å². The van der Waals surface area contributed by atoms with Gasteiger partial charge in [0.2, 0.25) is 0 Å². The van der Waals surface area contributed by atoms with Crippen LogP contribution in [0.3, 0.4) is 0 Å². The molecule has 2 aromatic carbocycles. The Hall–Kier alpha value is -3.03. The number of carbonyl (C=O) groups is 1. The summed E-state index contributed by atoms with van der Waals surface area (Å²) in [6.07, 6.45) is -4.45. The fraction of sp³-hybridized carbons (Fsp3) is 0.211. The van der Waals surface area contributed by atoms with Crippen LogP contribution < -0.4 is 10.1 Å². The number of benzene rings is 2. The molecule has 8 heteroatoms. The largest absolute Gasteiger partial charge is 0.492 e. The summed E-state index contributed by atoms with van der Waals surface area (Å²) in [4.78, 5) is 12.2. The number of furan rings is 1. The maximum Gasteiger partial charge on any atom is 0.416 e. The Balaban J connectivity index is 1.58. The molecule has 0 spiro atoms. The molecule has 0 saturated carbocycles. The zero-order valence-corrected chi connectivity index (χ0v) is 14.2. The van der Waals surface area contributed by atoms with Gasteiger partial charge < -0.3 is 14.5 Å². The van der Waals surface area contributed by atoms with Crippen LogP contribution in [-0.4, -0.2) is 19.1 Å². The predicted molar refractivity (Wildman–Crippen MR) is 90.2 cm³/mol. The Morgan fingerprint density at radius 2 is 1.96 bits per heavy atom. The summed E-state index contributed by atoms with van der Waals surface area (Å²) in [5.41, 5.74) is 0.0780. The standard InChI is InChI=1S/C19H15F4NO3/c1-11-15-10-13(20)5-6-16(15)27-17(11)18(25)24-7-8-26-14-4-2-3-12(9-14)19(21,22)23/h2-6,9-10H,7-8H2,1H3,(H,24,25). The van der Waals surface area contributed by atoms with Crippen LogP contribution in [0.5, 0.6) is 5.75 Å². The summed E-state index contributed by atoms with van der Waals surface area (Å²) in [5, 5.41) is 3.06. The van der Waals surface area contributed by atoms with Crippen molar-refractivity contribution in [3.8, 4) is 5.75 Å². The summed E-state index contributed by atoms with van der Waals surface area (Å²) in [7, 11) is 0. The van der Waals surface area contributed by atoms with Gasteiger partial charge in [0.05, 0.1) is 12.1 Å². The van der Waals surface area contributed by atoms with Gasteiger partial charge in [0.25, 0.3) is 5.91 Å². The van der Waals surface area contributed by atoms with Crippen LogP contribution in [0.25, 0.3) is 11.0 Å². The maximum absolute atomic E-state index is 13.3. The van der Waals surface area contributed by atoms with E-state index >= 15 is 0 Å². The number of rotatable bonds is 5. The van der Waals surface area contributed by atoms with E-state index in [0.29, 0.717) is 16.5 Å². The molecular weight excluding hydrogens is 366 g/mol. The van der Waals surface area contributed by atoms with Gasteiger partial charge in [-0.05, 0) is 43.3 Å². The van der Waals surface area contributed by atoms with Crippen LogP contribution in [0.2, 0.25) is 0 Å². The molecule has 1 N–H and O–H groups in total. The number of nitrogens with one attached hydrogen (secondary N) is 1. The van der Waals surface area contributed by atoms with Crippen molar-refractivity contribution in [2.75, 3.05) is 13.2 Å². The molecule has 0 atom stereocenters.